The van der Waals surface area contributed by atoms with Gasteiger partial charge in [0.2, 0.25) is 0 Å². The molecule has 0 N–H and O–H groups in total. The Kier molecular flexibility index (Phi) is 5.68. The number of benzene rings is 1. The van der Waals surface area contributed by atoms with Gasteiger partial charge >= 0.3 is 11.5 Å². The van der Waals surface area contributed by atoms with E-state index in [0.717, 1.165) is 12.1 Å². The summed E-state index contributed by atoms with van der Waals surface area (Å²) in [5.41, 5.74) is -5.32. The minimum atomic E-state index is -5.33. The normalized spacial score (nSPS) is 13.8. The monoisotopic (exact) mass is 342 g/mol. The Balaban J connectivity index is 2.78. The third-order valence-corrected chi connectivity index (χ3v) is 5.32. The highest BCUT2D eigenvalue weighted by Crippen LogP contribution is 2.31. The number of hydrogen-bond donors (Lipinski definition) is 0. The van der Waals surface area contributed by atoms with Crippen molar-refractivity contribution in [2.24, 2.45) is 5.92 Å². The second kappa shape index (κ2) is 6.69. The van der Waals surface area contributed by atoms with Crippen molar-refractivity contribution in [1.29, 1.82) is 0 Å². The summed E-state index contributed by atoms with van der Waals surface area (Å²) in [6.45, 7) is 1.65. The van der Waals surface area contributed by atoms with Gasteiger partial charge < -0.3 is 4.74 Å². The lowest BCUT2D eigenvalue weighted by atomic mass is 10.2. The number of thioether (sulfide) groups is 1. The van der Waals surface area contributed by atoms with E-state index in [1.54, 1.807) is 6.92 Å². The average molecular weight is 342 g/mol. The molecular weight excluding hydrogens is 329 g/mol. The van der Waals surface area contributed by atoms with Crippen LogP contribution in [0.3, 0.4) is 0 Å². The zero-order valence-electron chi connectivity index (χ0n) is 11.2. The molecule has 0 radical (unpaired) electrons. The number of esters is 1. The summed E-state index contributed by atoms with van der Waals surface area (Å²) in [4.78, 5) is 10.9. The van der Waals surface area contributed by atoms with E-state index in [2.05, 4.69) is 4.74 Å². The molecule has 9 heteroatoms. The van der Waals surface area contributed by atoms with Gasteiger partial charge in [0, 0.05) is 10.6 Å². The summed E-state index contributed by atoms with van der Waals surface area (Å²) in [5, 5.41) is 0. The molecule has 4 nitrogen and oxygen atoms in total. The molecule has 1 atom stereocenters. The van der Waals surface area contributed by atoms with E-state index < -0.39 is 26.2 Å². The number of alkyl halides is 3. The topological polar surface area (TPSA) is 60.4 Å². The number of carbonyl (C=O) groups excluding carboxylic acids is 1. The third-order valence-electron chi connectivity index (χ3n) is 2.54. The van der Waals surface area contributed by atoms with Crippen LogP contribution in [0.15, 0.2) is 34.1 Å². The van der Waals surface area contributed by atoms with Crippen molar-refractivity contribution in [3.63, 3.8) is 0 Å². The predicted octanol–water partition coefficient (Wildman–Crippen LogP) is 2.88. The lowest BCUT2D eigenvalue weighted by Crippen LogP contribution is -2.23. The fourth-order valence-electron chi connectivity index (χ4n) is 1.34. The molecule has 0 aliphatic rings. The fraction of sp³-hybridized carbons (Fsp3) is 0.417. The first-order valence-electron chi connectivity index (χ1n) is 5.71. The maximum absolute atomic E-state index is 12.4. The standard InChI is InChI=1S/C12H13F3O4S2/c1-8(11(16)19-2)7-20-9-3-5-10(6-4-9)21(17,18)12(13,14)15/h3-6,8H,7H2,1-2H3. The number of hydrogen-bond acceptors (Lipinski definition) is 5. The minimum absolute atomic E-state index is 0.373. The van der Waals surface area contributed by atoms with Gasteiger partial charge in [0.25, 0.3) is 9.84 Å². The first-order chi connectivity index (χ1) is 9.59. The molecule has 0 aliphatic heterocycles. The van der Waals surface area contributed by atoms with Crippen molar-refractivity contribution >= 4 is 27.6 Å². The summed E-state index contributed by atoms with van der Waals surface area (Å²) in [6, 6.07) is 4.34. The highest BCUT2D eigenvalue weighted by atomic mass is 32.2. The van der Waals surface area contributed by atoms with Gasteiger partial charge in [0.05, 0.1) is 17.9 Å². The molecule has 0 heterocycles. The molecule has 1 rings (SSSR count). The Morgan fingerprint density at radius 1 is 1.29 bits per heavy atom. The van der Waals surface area contributed by atoms with Gasteiger partial charge in [-0.2, -0.15) is 13.2 Å². The quantitative estimate of drug-likeness (QED) is 0.608. The van der Waals surface area contributed by atoms with Crippen LogP contribution in [-0.4, -0.2) is 32.8 Å². The lowest BCUT2D eigenvalue weighted by molar-refractivity contribution is -0.144. The Labute approximate surface area is 124 Å². The van der Waals surface area contributed by atoms with Crippen molar-refractivity contribution in [3.8, 4) is 0 Å². The Hall–Kier alpha value is -1.22. The molecule has 21 heavy (non-hydrogen) atoms. The zero-order chi connectivity index (χ0) is 16.3. The van der Waals surface area contributed by atoms with Crippen molar-refractivity contribution < 1.29 is 31.1 Å². The molecule has 118 valence electrons. The summed E-state index contributed by atoms with van der Waals surface area (Å²) in [6.07, 6.45) is 0. The fourth-order valence-corrected chi connectivity index (χ4v) is 3.01. The highest BCUT2D eigenvalue weighted by Gasteiger charge is 2.46. The van der Waals surface area contributed by atoms with Crippen molar-refractivity contribution in [2.75, 3.05) is 12.9 Å². The molecule has 0 saturated carbocycles. The van der Waals surface area contributed by atoms with Crippen LogP contribution >= 0.6 is 11.8 Å². The summed E-state index contributed by atoms with van der Waals surface area (Å²) in [7, 11) is -4.06. The van der Waals surface area contributed by atoms with Crippen LogP contribution in [0.1, 0.15) is 6.92 Å². The van der Waals surface area contributed by atoms with Crippen LogP contribution in [-0.2, 0) is 19.4 Å². The van der Waals surface area contributed by atoms with E-state index in [4.69, 9.17) is 0 Å². The molecule has 0 bridgehead atoms. The molecule has 0 aliphatic carbocycles. The maximum Gasteiger partial charge on any atom is 0.501 e. The largest absolute Gasteiger partial charge is 0.501 e. The minimum Gasteiger partial charge on any atom is -0.469 e. The number of carbonyl (C=O) groups is 1. The molecule has 0 spiro atoms. The number of sulfone groups is 1. The van der Waals surface area contributed by atoms with Gasteiger partial charge in [-0.15, -0.1) is 11.8 Å². The van der Waals surface area contributed by atoms with Gasteiger partial charge in [-0.05, 0) is 24.3 Å². The molecular formula is C12H13F3O4S2. The second-order valence-electron chi connectivity index (χ2n) is 4.16. The third kappa shape index (κ3) is 4.37. The summed E-state index contributed by atoms with van der Waals surface area (Å²) < 4.78 is 63.9. The van der Waals surface area contributed by atoms with Crippen LogP contribution in [0.4, 0.5) is 13.2 Å². The van der Waals surface area contributed by atoms with E-state index >= 15 is 0 Å². The van der Waals surface area contributed by atoms with Crippen LogP contribution < -0.4 is 0 Å². The molecule has 1 aromatic carbocycles. The first-order valence-corrected chi connectivity index (χ1v) is 8.18. The van der Waals surface area contributed by atoms with Gasteiger partial charge in [-0.25, -0.2) is 8.42 Å². The smallest absolute Gasteiger partial charge is 0.469 e. The molecule has 0 fully saturated rings. The van der Waals surface area contributed by atoms with Gasteiger partial charge in [0.15, 0.2) is 0 Å². The van der Waals surface area contributed by atoms with E-state index in [1.165, 1.54) is 31.0 Å². The highest BCUT2D eigenvalue weighted by molar-refractivity contribution is 7.99. The summed E-state index contributed by atoms with van der Waals surface area (Å²) >= 11 is 1.22. The van der Waals surface area contributed by atoms with E-state index in [9.17, 15) is 26.4 Å². The van der Waals surface area contributed by atoms with E-state index in [1.807, 2.05) is 0 Å². The number of rotatable bonds is 5. The van der Waals surface area contributed by atoms with Crippen LogP contribution in [0.5, 0.6) is 0 Å². The SMILES string of the molecule is COC(=O)C(C)CSc1ccc(S(=O)(=O)C(F)(F)F)cc1. The average Bonchev–Trinajstić information content (AvgIpc) is 2.43. The maximum atomic E-state index is 12.4. The molecule has 1 unspecified atom stereocenters. The number of halogens is 3. The van der Waals surface area contributed by atoms with Crippen LogP contribution in [0.2, 0.25) is 0 Å². The number of methoxy groups -OCH3 is 1. The molecule has 0 aromatic heterocycles. The van der Waals surface area contributed by atoms with Crippen molar-refractivity contribution in [1.82, 2.24) is 0 Å². The summed E-state index contributed by atoms with van der Waals surface area (Å²) in [5.74, 6) is -0.393. The van der Waals surface area contributed by atoms with Crippen molar-refractivity contribution in [2.45, 2.75) is 22.2 Å². The Morgan fingerprint density at radius 3 is 2.24 bits per heavy atom. The zero-order valence-corrected chi connectivity index (χ0v) is 12.8. The predicted molar refractivity (Wildman–Crippen MR) is 71.6 cm³/mol. The molecule has 0 amide bonds. The van der Waals surface area contributed by atoms with Gasteiger partial charge in [-0.1, -0.05) is 6.92 Å². The van der Waals surface area contributed by atoms with E-state index in [-0.39, 0.29) is 5.92 Å². The Morgan fingerprint density at radius 2 is 1.81 bits per heavy atom. The van der Waals surface area contributed by atoms with Crippen molar-refractivity contribution in [3.05, 3.63) is 24.3 Å². The second-order valence-corrected chi connectivity index (χ2v) is 7.19. The molecule has 0 saturated heterocycles. The van der Waals surface area contributed by atoms with Crippen LogP contribution in [0, 0.1) is 5.92 Å². The lowest BCUT2D eigenvalue weighted by Gasteiger charge is -2.10. The van der Waals surface area contributed by atoms with E-state index in [0.29, 0.717) is 10.6 Å². The Bertz CT molecular complexity index is 594. The number of ether oxygens (including phenoxy) is 1. The molecule has 1 aromatic rings. The van der Waals surface area contributed by atoms with Gasteiger partial charge in [-0.3, -0.25) is 4.79 Å². The van der Waals surface area contributed by atoms with Gasteiger partial charge in [0.1, 0.15) is 0 Å². The first kappa shape index (κ1) is 17.8. The van der Waals surface area contributed by atoms with Crippen LogP contribution in [0.25, 0.3) is 0 Å².